The van der Waals surface area contributed by atoms with Crippen molar-refractivity contribution in [3.63, 3.8) is 0 Å². The van der Waals surface area contributed by atoms with Crippen LogP contribution in [0.2, 0.25) is 0 Å². The van der Waals surface area contributed by atoms with Crippen LogP contribution in [0, 0.1) is 5.82 Å². The van der Waals surface area contributed by atoms with E-state index in [1.165, 1.54) is 41.4 Å². The summed E-state index contributed by atoms with van der Waals surface area (Å²) in [6.45, 7) is 0.495. The van der Waals surface area contributed by atoms with Crippen LogP contribution in [0.3, 0.4) is 0 Å². The lowest BCUT2D eigenvalue weighted by molar-refractivity contribution is -0.121. The highest BCUT2D eigenvalue weighted by Crippen LogP contribution is 2.27. The number of halogens is 1. The number of benzene rings is 1. The number of rotatable bonds is 6. The molecule has 8 heteroatoms. The Bertz CT molecular complexity index is 1120. The van der Waals surface area contributed by atoms with Crippen LogP contribution in [0.15, 0.2) is 47.0 Å². The lowest BCUT2D eigenvalue weighted by atomic mass is 9.97. The molecule has 4 rings (SSSR count). The minimum Gasteiger partial charge on any atom is -0.354 e. The monoisotopic (exact) mass is 412 g/mol. The summed E-state index contributed by atoms with van der Waals surface area (Å²) in [5.74, 6) is -0.553. The molecule has 1 aliphatic rings. The third kappa shape index (κ3) is 4.42. The van der Waals surface area contributed by atoms with Crippen molar-refractivity contribution in [2.24, 2.45) is 0 Å². The number of amides is 1. The van der Waals surface area contributed by atoms with Crippen LogP contribution in [0.5, 0.6) is 0 Å². The van der Waals surface area contributed by atoms with Crippen molar-refractivity contribution in [1.29, 1.82) is 0 Å². The van der Waals surface area contributed by atoms with E-state index in [2.05, 4.69) is 20.8 Å². The number of aromatic nitrogens is 3. The van der Waals surface area contributed by atoms with Crippen LogP contribution in [0.25, 0.3) is 21.5 Å². The van der Waals surface area contributed by atoms with Crippen LogP contribution < -0.4 is 10.9 Å². The number of carbonyl (C=O) groups is 1. The molecule has 0 radical (unpaired) electrons. The molecular weight excluding hydrogens is 391 g/mol. The van der Waals surface area contributed by atoms with E-state index in [-0.39, 0.29) is 23.8 Å². The Morgan fingerprint density at radius 2 is 2.07 bits per heavy atom. The zero-order valence-corrected chi connectivity index (χ0v) is 16.7. The van der Waals surface area contributed by atoms with Gasteiger partial charge >= 0.3 is 0 Å². The molecule has 0 unspecified atom stereocenters. The van der Waals surface area contributed by atoms with Crippen molar-refractivity contribution in [3.05, 3.63) is 58.4 Å². The number of allylic oxidation sites excluding steroid dienone is 1. The van der Waals surface area contributed by atoms with Gasteiger partial charge in [-0.3, -0.25) is 14.2 Å². The SMILES string of the molecule is O=C(Cn1cnc2c(-c3ccc(F)cc3)nsc2c1=O)NCCC1=CCCCC1. The van der Waals surface area contributed by atoms with Gasteiger partial charge in [-0.05, 0) is 67.9 Å². The summed E-state index contributed by atoms with van der Waals surface area (Å²) in [7, 11) is 0. The fourth-order valence-corrected chi connectivity index (χ4v) is 4.28. The van der Waals surface area contributed by atoms with Crippen molar-refractivity contribution in [2.45, 2.75) is 38.6 Å². The van der Waals surface area contributed by atoms with Gasteiger partial charge in [-0.1, -0.05) is 11.6 Å². The van der Waals surface area contributed by atoms with Gasteiger partial charge in [0.05, 0.1) is 6.33 Å². The van der Waals surface area contributed by atoms with E-state index in [9.17, 15) is 14.0 Å². The standard InChI is InChI=1S/C21H21FN4O2S/c22-16-8-6-15(7-9-16)18-19-20(29-25-18)21(28)26(13-24-19)12-17(27)23-11-10-14-4-2-1-3-5-14/h4,6-9,13H,1-3,5,10-12H2,(H,23,27). The summed E-state index contributed by atoms with van der Waals surface area (Å²) in [6.07, 6.45) is 9.19. The number of hydrogen-bond acceptors (Lipinski definition) is 5. The molecule has 0 saturated carbocycles. The predicted molar refractivity (Wildman–Crippen MR) is 111 cm³/mol. The molecule has 0 saturated heterocycles. The van der Waals surface area contributed by atoms with Gasteiger partial charge in [0.15, 0.2) is 0 Å². The molecule has 0 aliphatic heterocycles. The molecule has 1 N–H and O–H groups in total. The average Bonchev–Trinajstić information content (AvgIpc) is 3.16. The third-order valence-corrected chi connectivity index (χ3v) is 5.86. The molecule has 2 aromatic heterocycles. The summed E-state index contributed by atoms with van der Waals surface area (Å²) < 4.78 is 19.1. The third-order valence-electron chi connectivity index (χ3n) is 5.03. The highest BCUT2D eigenvalue weighted by atomic mass is 32.1. The van der Waals surface area contributed by atoms with E-state index in [0.29, 0.717) is 28.0 Å². The second-order valence-corrected chi connectivity index (χ2v) is 7.87. The van der Waals surface area contributed by atoms with Gasteiger partial charge in [-0.2, -0.15) is 4.37 Å². The number of nitrogens with zero attached hydrogens (tertiary/aromatic N) is 3. The minimum absolute atomic E-state index is 0.0788. The zero-order chi connectivity index (χ0) is 20.2. The molecule has 6 nitrogen and oxygen atoms in total. The van der Waals surface area contributed by atoms with Gasteiger partial charge in [0.25, 0.3) is 5.56 Å². The van der Waals surface area contributed by atoms with Crippen molar-refractivity contribution in [3.8, 4) is 11.3 Å². The van der Waals surface area contributed by atoms with Gasteiger partial charge in [0.1, 0.15) is 28.3 Å². The molecule has 3 aromatic rings. The molecule has 0 atom stereocenters. The Morgan fingerprint density at radius 1 is 1.24 bits per heavy atom. The van der Waals surface area contributed by atoms with Crippen LogP contribution in [-0.4, -0.2) is 26.4 Å². The number of carbonyl (C=O) groups excluding carboxylic acids is 1. The molecule has 2 heterocycles. The Labute approximate surface area is 171 Å². The van der Waals surface area contributed by atoms with Crippen molar-refractivity contribution in [2.75, 3.05) is 6.54 Å². The largest absolute Gasteiger partial charge is 0.354 e. The lowest BCUT2D eigenvalue weighted by Crippen LogP contribution is -2.33. The number of hydrogen-bond donors (Lipinski definition) is 1. The average molecular weight is 412 g/mol. The van der Waals surface area contributed by atoms with Crippen molar-refractivity contribution < 1.29 is 9.18 Å². The van der Waals surface area contributed by atoms with Crippen LogP contribution in [0.1, 0.15) is 32.1 Å². The van der Waals surface area contributed by atoms with Gasteiger partial charge in [0, 0.05) is 12.1 Å². The number of nitrogens with one attached hydrogen (secondary N) is 1. The molecule has 0 bridgehead atoms. The molecule has 29 heavy (non-hydrogen) atoms. The Balaban J connectivity index is 1.45. The van der Waals surface area contributed by atoms with Gasteiger partial charge < -0.3 is 5.32 Å². The Kier molecular flexibility index (Phi) is 5.80. The molecule has 1 aromatic carbocycles. The molecular formula is C21H21FN4O2S. The van der Waals surface area contributed by atoms with Crippen molar-refractivity contribution in [1.82, 2.24) is 19.2 Å². The van der Waals surface area contributed by atoms with E-state index in [4.69, 9.17) is 0 Å². The first-order chi connectivity index (χ1) is 14.1. The maximum Gasteiger partial charge on any atom is 0.273 e. The lowest BCUT2D eigenvalue weighted by Gasteiger charge is -2.13. The maximum absolute atomic E-state index is 13.1. The van der Waals surface area contributed by atoms with Crippen LogP contribution in [0.4, 0.5) is 4.39 Å². The van der Waals surface area contributed by atoms with Crippen molar-refractivity contribution >= 4 is 27.7 Å². The Hall–Kier alpha value is -2.87. The second-order valence-electron chi connectivity index (χ2n) is 7.10. The number of fused-ring (bicyclic) bond motifs is 1. The normalized spacial score (nSPS) is 14.0. The summed E-state index contributed by atoms with van der Waals surface area (Å²) in [5, 5.41) is 2.88. The molecule has 1 amide bonds. The highest BCUT2D eigenvalue weighted by molar-refractivity contribution is 7.13. The first-order valence-electron chi connectivity index (χ1n) is 9.67. The Morgan fingerprint density at radius 3 is 2.83 bits per heavy atom. The zero-order valence-electron chi connectivity index (χ0n) is 15.9. The molecule has 150 valence electrons. The molecule has 0 fully saturated rings. The van der Waals surface area contributed by atoms with Gasteiger partial charge in [-0.25, -0.2) is 9.37 Å². The summed E-state index contributed by atoms with van der Waals surface area (Å²) in [4.78, 5) is 29.3. The quantitative estimate of drug-likeness (QED) is 0.627. The maximum atomic E-state index is 13.1. The van der Waals surface area contributed by atoms with E-state index >= 15 is 0 Å². The van der Waals surface area contributed by atoms with Gasteiger partial charge in [-0.15, -0.1) is 0 Å². The summed E-state index contributed by atoms with van der Waals surface area (Å²) in [6, 6.07) is 5.89. The highest BCUT2D eigenvalue weighted by Gasteiger charge is 2.15. The topological polar surface area (TPSA) is 76.9 Å². The van der Waals surface area contributed by atoms with Crippen LogP contribution in [-0.2, 0) is 11.3 Å². The fraction of sp³-hybridized carbons (Fsp3) is 0.333. The summed E-state index contributed by atoms with van der Waals surface area (Å²) in [5.41, 5.74) is 2.80. The van der Waals surface area contributed by atoms with E-state index in [1.54, 1.807) is 12.1 Å². The van der Waals surface area contributed by atoms with E-state index in [0.717, 1.165) is 30.8 Å². The van der Waals surface area contributed by atoms with Gasteiger partial charge in [0.2, 0.25) is 5.91 Å². The first kappa shape index (κ1) is 19.4. The summed E-state index contributed by atoms with van der Waals surface area (Å²) >= 11 is 1.04. The molecule has 1 aliphatic carbocycles. The molecule has 0 spiro atoms. The second kappa shape index (κ2) is 8.65. The van der Waals surface area contributed by atoms with E-state index < -0.39 is 0 Å². The smallest absolute Gasteiger partial charge is 0.273 e. The fourth-order valence-electron chi connectivity index (χ4n) is 3.47. The van der Waals surface area contributed by atoms with Crippen LogP contribution >= 0.6 is 11.5 Å². The minimum atomic E-state index is -0.339. The van der Waals surface area contributed by atoms with E-state index in [1.807, 2.05) is 0 Å². The first-order valence-corrected chi connectivity index (χ1v) is 10.4. The predicted octanol–water partition coefficient (Wildman–Crippen LogP) is 3.67.